The predicted molar refractivity (Wildman–Crippen MR) is 132 cm³/mol. The number of oxazole rings is 1. The van der Waals surface area contributed by atoms with E-state index in [1.54, 1.807) is 12.1 Å². The van der Waals surface area contributed by atoms with Gasteiger partial charge in [0, 0.05) is 17.7 Å². The third kappa shape index (κ3) is 5.21. The van der Waals surface area contributed by atoms with Gasteiger partial charge in [0.15, 0.2) is 16.6 Å². The molecular weight excluding hydrogens is 418 g/mol. The fourth-order valence-corrected chi connectivity index (χ4v) is 3.64. The van der Waals surface area contributed by atoms with Crippen molar-refractivity contribution in [3.8, 4) is 0 Å². The summed E-state index contributed by atoms with van der Waals surface area (Å²) in [5.41, 5.74) is 6.57. The molecule has 1 heterocycles. The standard InChI is InChI=1S/C26H25N3O2S/c1-3-17-5-10-20(11-6-17)25(30)29-26(32)27-21-12-7-19(8-13-21)16-24-28-22-15-18(4-2)9-14-23(22)31-24/h5-15H,3-4,16H2,1-2H3,(H2,27,29,30,32). The molecule has 0 aliphatic carbocycles. The van der Waals surface area contributed by atoms with Crippen LogP contribution in [-0.4, -0.2) is 16.0 Å². The van der Waals surface area contributed by atoms with Gasteiger partial charge in [-0.2, -0.15) is 0 Å². The van der Waals surface area contributed by atoms with Crippen molar-refractivity contribution in [2.75, 3.05) is 5.32 Å². The lowest BCUT2D eigenvalue weighted by Gasteiger charge is -2.10. The van der Waals surface area contributed by atoms with Crippen molar-refractivity contribution in [1.29, 1.82) is 0 Å². The van der Waals surface area contributed by atoms with E-state index in [-0.39, 0.29) is 11.0 Å². The lowest BCUT2D eigenvalue weighted by molar-refractivity contribution is 0.0977. The number of hydrogen-bond acceptors (Lipinski definition) is 4. The number of amides is 1. The lowest BCUT2D eigenvalue weighted by atomic mass is 10.1. The van der Waals surface area contributed by atoms with Crippen molar-refractivity contribution in [3.05, 3.63) is 94.9 Å². The number of benzene rings is 3. The van der Waals surface area contributed by atoms with Crippen molar-refractivity contribution in [2.24, 2.45) is 0 Å². The molecule has 0 saturated heterocycles. The Kier molecular flexibility index (Phi) is 6.61. The Morgan fingerprint density at radius 1 is 0.906 bits per heavy atom. The topological polar surface area (TPSA) is 67.2 Å². The summed E-state index contributed by atoms with van der Waals surface area (Å²) in [5, 5.41) is 6.03. The summed E-state index contributed by atoms with van der Waals surface area (Å²) in [6.45, 7) is 4.20. The number of anilines is 1. The van der Waals surface area contributed by atoms with E-state index in [4.69, 9.17) is 16.6 Å². The molecular formula is C26H25N3O2S. The summed E-state index contributed by atoms with van der Waals surface area (Å²) in [6.07, 6.45) is 2.51. The third-order valence-electron chi connectivity index (χ3n) is 5.32. The van der Waals surface area contributed by atoms with E-state index in [9.17, 15) is 4.79 Å². The normalized spacial score (nSPS) is 10.8. The monoisotopic (exact) mass is 443 g/mol. The molecule has 0 saturated carbocycles. The number of aromatic nitrogens is 1. The summed E-state index contributed by atoms with van der Waals surface area (Å²) >= 11 is 5.29. The number of nitrogens with one attached hydrogen (secondary N) is 2. The summed E-state index contributed by atoms with van der Waals surface area (Å²) in [5.74, 6) is 0.454. The van der Waals surface area contributed by atoms with Crippen molar-refractivity contribution in [1.82, 2.24) is 10.3 Å². The Bertz CT molecular complexity index is 1240. The Balaban J connectivity index is 1.34. The highest BCUT2D eigenvalue weighted by Gasteiger charge is 2.10. The Morgan fingerprint density at radius 3 is 2.25 bits per heavy atom. The highest BCUT2D eigenvalue weighted by atomic mass is 32.1. The number of nitrogens with zero attached hydrogens (tertiary/aromatic N) is 1. The predicted octanol–water partition coefficient (Wildman–Crippen LogP) is 5.67. The maximum atomic E-state index is 12.4. The second kappa shape index (κ2) is 9.75. The SMILES string of the molecule is CCc1ccc(C(=O)NC(=S)Nc2ccc(Cc3nc4cc(CC)ccc4o3)cc2)cc1. The number of fused-ring (bicyclic) bond motifs is 1. The van der Waals surface area contributed by atoms with E-state index in [2.05, 4.69) is 41.6 Å². The molecule has 6 heteroatoms. The van der Waals surface area contributed by atoms with Crippen LogP contribution >= 0.6 is 12.2 Å². The van der Waals surface area contributed by atoms with Crippen LogP contribution in [0.4, 0.5) is 5.69 Å². The van der Waals surface area contributed by atoms with Crippen LogP contribution < -0.4 is 10.6 Å². The number of carbonyl (C=O) groups excluding carboxylic acids is 1. The van der Waals surface area contributed by atoms with Gasteiger partial charge in [-0.1, -0.05) is 44.2 Å². The molecule has 0 fully saturated rings. The van der Waals surface area contributed by atoms with Gasteiger partial charge in [0.05, 0.1) is 0 Å². The number of aryl methyl sites for hydroxylation is 2. The fourth-order valence-electron chi connectivity index (χ4n) is 3.43. The number of carbonyl (C=O) groups is 1. The Hall–Kier alpha value is -3.51. The molecule has 0 unspecified atom stereocenters. The van der Waals surface area contributed by atoms with Crippen molar-refractivity contribution < 1.29 is 9.21 Å². The van der Waals surface area contributed by atoms with Crippen LogP contribution in [0.25, 0.3) is 11.1 Å². The van der Waals surface area contributed by atoms with Gasteiger partial charge in [-0.15, -0.1) is 0 Å². The van der Waals surface area contributed by atoms with Crippen molar-refractivity contribution in [2.45, 2.75) is 33.1 Å². The van der Waals surface area contributed by atoms with Gasteiger partial charge in [0.25, 0.3) is 5.91 Å². The quantitative estimate of drug-likeness (QED) is 0.376. The average Bonchev–Trinajstić information content (AvgIpc) is 3.21. The molecule has 0 bridgehead atoms. The molecule has 4 rings (SSSR count). The molecule has 1 aromatic heterocycles. The third-order valence-corrected chi connectivity index (χ3v) is 5.53. The van der Waals surface area contributed by atoms with E-state index in [0.29, 0.717) is 17.9 Å². The zero-order valence-electron chi connectivity index (χ0n) is 18.1. The molecule has 162 valence electrons. The summed E-state index contributed by atoms with van der Waals surface area (Å²) in [4.78, 5) is 17.0. The van der Waals surface area contributed by atoms with Gasteiger partial charge in [0.2, 0.25) is 0 Å². The van der Waals surface area contributed by atoms with Gasteiger partial charge in [-0.25, -0.2) is 4.98 Å². The van der Waals surface area contributed by atoms with E-state index in [1.807, 2.05) is 42.5 Å². The van der Waals surface area contributed by atoms with E-state index in [1.165, 1.54) is 11.1 Å². The maximum absolute atomic E-state index is 12.4. The lowest BCUT2D eigenvalue weighted by Crippen LogP contribution is -2.34. The fraction of sp³-hybridized carbons (Fsp3) is 0.192. The first-order chi connectivity index (χ1) is 15.5. The molecule has 0 aliphatic heterocycles. The number of thiocarbonyl (C=S) groups is 1. The molecule has 0 atom stereocenters. The largest absolute Gasteiger partial charge is 0.440 e. The second-order valence-corrected chi connectivity index (χ2v) is 8.00. The highest BCUT2D eigenvalue weighted by Crippen LogP contribution is 2.20. The minimum absolute atomic E-state index is 0.232. The van der Waals surface area contributed by atoms with E-state index < -0.39 is 0 Å². The highest BCUT2D eigenvalue weighted by molar-refractivity contribution is 7.80. The zero-order chi connectivity index (χ0) is 22.5. The van der Waals surface area contributed by atoms with Gasteiger partial charge in [-0.05, 0) is 78.1 Å². The maximum Gasteiger partial charge on any atom is 0.257 e. The van der Waals surface area contributed by atoms with Crippen LogP contribution in [0, 0.1) is 0 Å². The first kappa shape index (κ1) is 21.7. The van der Waals surface area contributed by atoms with Gasteiger partial charge < -0.3 is 9.73 Å². The zero-order valence-corrected chi connectivity index (χ0v) is 19.0. The smallest absolute Gasteiger partial charge is 0.257 e. The van der Waals surface area contributed by atoms with Crippen molar-refractivity contribution >= 4 is 40.0 Å². The van der Waals surface area contributed by atoms with Crippen LogP contribution in [0.3, 0.4) is 0 Å². The second-order valence-electron chi connectivity index (χ2n) is 7.60. The molecule has 0 spiro atoms. The Morgan fingerprint density at radius 2 is 1.56 bits per heavy atom. The first-order valence-corrected chi connectivity index (χ1v) is 11.1. The molecule has 2 N–H and O–H groups in total. The Labute approximate surface area is 192 Å². The van der Waals surface area contributed by atoms with Crippen LogP contribution in [0.5, 0.6) is 0 Å². The number of hydrogen-bond donors (Lipinski definition) is 2. The van der Waals surface area contributed by atoms with E-state index in [0.717, 1.165) is 35.2 Å². The van der Waals surface area contributed by atoms with Gasteiger partial charge in [0.1, 0.15) is 5.52 Å². The van der Waals surface area contributed by atoms with Crippen LogP contribution in [0.15, 0.2) is 71.1 Å². The summed E-state index contributed by atoms with van der Waals surface area (Å²) in [7, 11) is 0. The number of rotatable bonds is 6. The summed E-state index contributed by atoms with van der Waals surface area (Å²) < 4.78 is 5.87. The van der Waals surface area contributed by atoms with Crippen LogP contribution in [0.2, 0.25) is 0 Å². The first-order valence-electron chi connectivity index (χ1n) is 10.7. The molecule has 0 radical (unpaired) electrons. The summed E-state index contributed by atoms with van der Waals surface area (Å²) in [6, 6.07) is 21.4. The minimum atomic E-state index is -0.232. The van der Waals surface area contributed by atoms with E-state index >= 15 is 0 Å². The van der Waals surface area contributed by atoms with Gasteiger partial charge in [-0.3, -0.25) is 10.1 Å². The molecule has 5 nitrogen and oxygen atoms in total. The molecule has 4 aromatic rings. The molecule has 0 aliphatic rings. The van der Waals surface area contributed by atoms with Crippen LogP contribution in [-0.2, 0) is 19.3 Å². The van der Waals surface area contributed by atoms with Gasteiger partial charge >= 0.3 is 0 Å². The molecule has 1 amide bonds. The average molecular weight is 444 g/mol. The molecule has 3 aromatic carbocycles. The molecule has 32 heavy (non-hydrogen) atoms. The van der Waals surface area contributed by atoms with Crippen molar-refractivity contribution in [3.63, 3.8) is 0 Å². The van der Waals surface area contributed by atoms with Crippen LogP contribution in [0.1, 0.15) is 46.8 Å². The minimum Gasteiger partial charge on any atom is -0.440 e.